The molecular formula is C13H18N2O3. The van der Waals surface area contributed by atoms with E-state index < -0.39 is 17.9 Å². The second-order valence-corrected chi connectivity index (χ2v) is 4.20. The normalized spacial score (nSPS) is 12.1. The quantitative estimate of drug-likeness (QED) is 0.667. The van der Waals surface area contributed by atoms with Crippen molar-refractivity contribution in [1.29, 1.82) is 0 Å². The molecule has 18 heavy (non-hydrogen) atoms. The van der Waals surface area contributed by atoms with Crippen LogP contribution in [0.25, 0.3) is 0 Å². The highest BCUT2D eigenvalue weighted by Gasteiger charge is 2.17. The molecule has 0 spiro atoms. The lowest BCUT2D eigenvalue weighted by Gasteiger charge is -2.14. The van der Waals surface area contributed by atoms with Crippen LogP contribution in [0.15, 0.2) is 24.3 Å². The van der Waals surface area contributed by atoms with Gasteiger partial charge in [-0.3, -0.25) is 9.59 Å². The van der Waals surface area contributed by atoms with E-state index in [0.717, 1.165) is 11.1 Å². The van der Waals surface area contributed by atoms with E-state index in [4.69, 9.17) is 10.8 Å². The van der Waals surface area contributed by atoms with Gasteiger partial charge in [0.15, 0.2) is 0 Å². The average Bonchev–Trinajstić information content (AvgIpc) is 2.30. The van der Waals surface area contributed by atoms with Crippen LogP contribution in [0.4, 0.5) is 0 Å². The molecule has 0 aliphatic heterocycles. The summed E-state index contributed by atoms with van der Waals surface area (Å²) in [6.45, 7) is 2.43. The summed E-state index contributed by atoms with van der Waals surface area (Å²) < 4.78 is 0. The van der Waals surface area contributed by atoms with Crippen molar-refractivity contribution in [2.24, 2.45) is 5.73 Å². The average molecular weight is 250 g/mol. The molecule has 0 aliphatic rings. The van der Waals surface area contributed by atoms with E-state index in [0.29, 0.717) is 6.54 Å². The van der Waals surface area contributed by atoms with Crippen LogP contribution in [-0.2, 0) is 16.1 Å². The first-order chi connectivity index (χ1) is 8.50. The molecule has 0 bridgehead atoms. The predicted molar refractivity (Wildman–Crippen MR) is 67.9 cm³/mol. The molecule has 0 saturated heterocycles. The van der Waals surface area contributed by atoms with Gasteiger partial charge in [-0.2, -0.15) is 0 Å². The maximum absolute atomic E-state index is 11.0. The molecule has 98 valence electrons. The third-order valence-corrected chi connectivity index (χ3v) is 2.78. The number of benzene rings is 1. The monoisotopic (exact) mass is 250 g/mol. The summed E-state index contributed by atoms with van der Waals surface area (Å²) in [5, 5.41) is 11.9. The number of carboxylic acid groups (broad SMARTS) is 1. The summed E-state index contributed by atoms with van der Waals surface area (Å²) in [5.74, 6) is -1.45. The van der Waals surface area contributed by atoms with Gasteiger partial charge in [-0.05, 0) is 24.5 Å². The van der Waals surface area contributed by atoms with Gasteiger partial charge in [-0.25, -0.2) is 0 Å². The Kier molecular flexibility index (Phi) is 5.32. The molecule has 1 aromatic rings. The summed E-state index contributed by atoms with van der Waals surface area (Å²) in [6, 6.07) is 6.99. The first-order valence-corrected chi connectivity index (χ1v) is 5.79. The van der Waals surface area contributed by atoms with E-state index in [1.807, 2.05) is 31.2 Å². The maximum atomic E-state index is 11.0. The highest BCUT2D eigenvalue weighted by atomic mass is 16.4. The zero-order valence-electron chi connectivity index (χ0n) is 10.3. The molecule has 0 saturated carbocycles. The standard InChI is InChI=1S/C13H18N2O3/c1-9-4-2-3-5-10(9)8-15-11(13(17)18)6-7-12(14)16/h2-5,11,15H,6-8H2,1H3,(H2,14,16)(H,17,18)/t11-/m0/s1. The van der Waals surface area contributed by atoms with Crippen LogP contribution in [0.1, 0.15) is 24.0 Å². The largest absolute Gasteiger partial charge is 0.480 e. The van der Waals surface area contributed by atoms with Gasteiger partial charge in [-0.1, -0.05) is 24.3 Å². The second-order valence-electron chi connectivity index (χ2n) is 4.20. The van der Waals surface area contributed by atoms with Crippen molar-refractivity contribution in [3.05, 3.63) is 35.4 Å². The Balaban J connectivity index is 2.55. The van der Waals surface area contributed by atoms with E-state index in [9.17, 15) is 9.59 Å². The molecular weight excluding hydrogens is 232 g/mol. The van der Waals surface area contributed by atoms with Crippen molar-refractivity contribution in [1.82, 2.24) is 5.32 Å². The minimum absolute atomic E-state index is 0.0672. The third-order valence-electron chi connectivity index (χ3n) is 2.78. The highest BCUT2D eigenvalue weighted by Crippen LogP contribution is 2.07. The van der Waals surface area contributed by atoms with Crippen molar-refractivity contribution in [3.8, 4) is 0 Å². The van der Waals surface area contributed by atoms with Gasteiger partial charge in [0.1, 0.15) is 6.04 Å². The van der Waals surface area contributed by atoms with Crippen LogP contribution in [0.2, 0.25) is 0 Å². The fourth-order valence-electron chi connectivity index (χ4n) is 1.64. The van der Waals surface area contributed by atoms with Crippen LogP contribution in [0, 0.1) is 6.92 Å². The molecule has 0 fully saturated rings. The van der Waals surface area contributed by atoms with Gasteiger partial charge in [0, 0.05) is 13.0 Å². The smallest absolute Gasteiger partial charge is 0.320 e. The van der Waals surface area contributed by atoms with E-state index in [1.165, 1.54) is 0 Å². The summed E-state index contributed by atoms with van der Waals surface area (Å²) >= 11 is 0. The molecule has 1 atom stereocenters. The van der Waals surface area contributed by atoms with Crippen molar-refractivity contribution in [2.75, 3.05) is 0 Å². The number of hydrogen-bond acceptors (Lipinski definition) is 3. The predicted octanol–water partition coefficient (Wildman–Crippen LogP) is 0.803. The first kappa shape index (κ1) is 14.2. The number of amides is 1. The molecule has 0 heterocycles. The molecule has 5 heteroatoms. The Morgan fingerprint density at radius 2 is 2.06 bits per heavy atom. The number of carbonyl (C=O) groups is 2. The van der Waals surface area contributed by atoms with Gasteiger partial charge in [0.2, 0.25) is 5.91 Å². The summed E-state index contributed by atoms with van der Waals surface area (Å²) in [5.41, 5.74) is 7.16. The number of carboxylic acids is 1. The summed E-state index contributed by atoms with van der Waals surface area (Å²) in [7, 11) is 0. The SMILES string of the molecule is Cc1ccccc1CN[C@@H](CCC(N)=O)C(=O)O. The topological polar surface area (TPSA) is 92.4 Å². The third kappa shape index (κ3) is 4.55. The molecule has 0 aliphatic carbocycles. The Hall–Kier alpha value is -1.88. The van der Waals surface area contributed by atoms with Gasteiger partial charge < -0.3 is 16.2 Å². The van der Waals surface area contributed by atoms with Crippen molar-refractivity contribution >= 4 is 11.9 Å². The van der Waals surface area contributed by atoms with E-state index >= 15 is 0 Å². The molecule has 0 radical (unpaired) electrons. The molecule has 0 unspecified atom stereocenters. The molecule has 0 aromatic heterocycles. The minimum Gasteiger partial charge on any atom is -0.480 e. The Bertz CT molecular complexity index is 432. The van der Waals surface area contributed by atoms with Crippen LogP contribution < -0.4 is 11.1 Å². The van der Waals surface area contributed by atoms with Crippen molar-refractivity contribution in [2.45, 2.75) is 32.4 Å². The van der Waals surface area contributed by atoms with E-state index in [-0.39, 0.29) is 12.8 Å². The Morgan fingerprint density at radius 3 is 2.61 bits per heavy atom. The molecule has 1 amide bonds. The number of nitrogens with one attached hydrogen (secondary N) is 1. The summed E-state index contributed by atoms with van der Waals surface area (Å²) in [4.78, 5) is 21.7. The van der Waals surface area contributed by atoms with Gasteiger partial charge in [0.05, 0.1) is 0 Å². The van der Waals surface area contributed by atoms with Crippen LogP contribution in [0.3, 0.4) is 0 Å². The zero-order chi connectivity index (χ0) is 13.5. The number of rotatable bonds is 7. The maximum Gasteiger partial charge on any atom is 0.320 e. The van der Waals surface area contributed by atoms with Crippen LogP contribution >= 0.6 is 0 Å². The molecule has 1 aromatic carbocycles. The number of aliphatic carboxylic acids is 1. The van der Waals surface area contributed by atoms with E-state index in [2.05, 4.69) is 5.32 Å². The van der Waals surface area contributed by atoms with Gasteiger partial charge in [-0.15, -0.1) is 0 Å². The fourth-order valence-corrected chi connectivity index (χ4v) is 1.64. The Labute approximate surface area is 106 Å². The summed E-state index contributed by atoms with van der Waals surface area (Å²) in [6.07, 6.45) is 0.272. The van der Waals surface area contributed by atoms with Crippen LogP contribution in [-0.4, -0.2) is 23.0 Å². The lowest BCUT2D eigenvalue weighted by molar-refractivity contribution is -0.139. The molecule has 1 rings (SSSR count). The zero-order valence-corrected chi connectivity index (χ0v) is 10.3. The lowest BCUT2D eigenvalue weighted by Crippen LogP contribution is -2.37. The number of carbonyl (C=O) groups excluding carboxylic acids is 1. The highest BCUT2D eigenvalue weighted by molar-refractivity contribution is 5.77. The van der Waals surface area contributed by atoms with Crippen LogP contribution in [0.5, 0.6) is 0 Å². The molecule has 5 nitrogen and oxygen atoms in total. The number of primary amides is 1. The van der Waals surface area contributed by atoms with E-state index in [1.54, 1.807) is 0 Å². The number of hydrogen-bond donors (Lipinski definition) is 3. The first-order valence-electron chi connectivity index (χ1n) is 5.79. The van der Waals surface area contributed by atoms with Crippen molar-refractivity contribution < 1.29 is 14.7 Å². The van der Waals surface area contributed by atoms with Gasteiger partial charge >= 0.3 is 5.97 Å². The van der Waals surface area contributed by atoms with Gasteiger partial charge in [0.25, 0.3) is 0 Å². The second kappa shape index (κ2) is 6.76. The minimum atomic E-state index is -0.968. The molecule has 4 N–H and O–H groups in total. The number of aryl methyl sites for hydroxylation is 1. The van der Waals surface area contributed by atoms with Crippen molar-refractivity contribution in [3.63, 3.8) is 0 Å². The lowest BCUT2D eigenvalue weighted by atomic mass is 10.1. The fraction of sp³-hybridized carbons (Fsp3) is 0.385. The number of nitrogens with two attached hydrogens (primary N) is 1. The Morgan fingerprint density at radius 1 is 1.39 bits per heavy atom.